The van der Waals surface area contributed by atoms with Crippen LogP contribution in [0.2, 0.25) is 0 Å². The SMILES string of the molecule is COC(=O)c1cncc(NC(C)Cc2ccsc2)n1. The van der Waals surface area contributed by atoms with Crippen LogP contribution in [0.25, 0.3) is 0 Å². The van der Waals surface area contributed by atoms with Crippen LogP contribution in [-0.2, 0) is 11.2 Å². The molecule has 2 aromatic rings. The van der Waals surface area contributed by atoms with Gasteiger partial charge in [-0.2, -0.15) is 11.3 Å². The van der Waals surface area contributed by atoms with Crippen LogP contribution < -0.4 is 5.32 Å². The van der Waals surface area contributed by atoms with Crippen molar-refractivity contribution in [2.75, 3.05) is 12.4 Å². The Morgan fingerprint density at radius 1 is 1.53 bits per heavy atom. The molecule has 0 aliphatic carbocycles. The van der Waals surface area contributed by atoms with Crippen LogP contribution in [0.3, 0.4) is 0 Å². The van der Waals surface area contributed by atoms with Gasteiger partial charge >= 0.3 is 5.97 Å². The number of hydrogen-bond acceptors (Lipinski definition) is 6. The lowest BCUT2D eigenvalue weighted by molar-refractivity contribution is 0.0593. The van der Waals surface area contributed by atoms with Crippen molar-refractivity contribution in [1.82, 2.24) is 9.97 Å². The van der Waals surface area contributed by atoms with Gasteiger partial charge in [0.25, 0.3) is 0 Å². The van der Waals surface area contributed by atoms with Crippen LogP contribution in [0.15, 0.2) is 29.2 Å². The van der Waals surface area contributed by atoms with E-state index in [0.29, 0.717) is 5.82 Å². The minimum absolute atomic E-state index is 0.204. The van der Waals surface area contributed by atoms with Crippen molar-refractivity contribution in [3.63, 3.8) is 0 Å². The monoisotopic (exact) mass is 277 g/mol. The number of nitrogens with zero attached hydrogens (tertiary/aromatic N) is 2. The smallest absolute Gasteiger partial charge is 0.358 e. The molecule has 0 radical (unpaired) electrons. The van der Waals surface area contributed by atoms with Crippen LogP contribution in [0, 0.1) is 0 Å². The Morgan fingerprint density at radius 3 is 3.05 bits per heavy atom. The maximum atomic E-state index is 11.4. The quantitative estimate of drug-likeness (QED) is 0.850. The van der Waals surface area contributed by atoms with Crippen molar-refractivity contribution < 1.29 is 9.53 Å². The Morgan fingerprint density at radius 2 is 2.37 bits per heavy atom. The molecule has 0 spiro atoms. The van der Waals surface area contributed by atoms with Crippen LogP contribution in [0.4, 0.5) is 5.82 Å². The summed E-state index contributed by atoms with van der Waals surface area (Å²) in [6.07, 6.45) is 3.88. The second kappa shape index (κ2) is 6.29. The number of methoxy groups -OCH3 is 1. The van der Waals surface area contributed by atoms with E-state index in [1.807, 2.05) is 0 Å². The molecule has 0 saturated carbocycles. The van der Waals surface area contributed by atoms with Gasteiger partial charge < -0.3 is 10.1 Å². The average molecular weight is 277 g/mol. The molecule has 19 heavy (non-hydrogen) atoms. The van der Waals surface area contributed by atoms with Crippen molar-refractivity contribution in [2.45, 2.75) is 19.4 Å². The number of thiophene rings is 1. The second-order valence-corrected chi connectivity index (χ2v) is 4.94. The van der Waals surface area contributed by atoms with Crippen molar-refractivity contribution in [3.05, 3.63) is 40.5 Å². The largest absolute Gasteiger partial charge is 0.464 e. The summed E-state index contributed by atoms with van der Waals surface area (Å²) in [7, 11) is 1.32. The molecule has 0 amide bonds. The van der Waals surface area contributed by atoms with E-state index in [1.54, 1.807) is 17.5 Å². The van der Waals surface area contributed by atoms with Gasteiger partial charge in [0.1, 0.15) is 5.82 Å². The average Bonchev–Trinajstić information content (AvgIpc) is 2.90. The molecule has 6 heteroatoms. The van der Waals surface area contributed by atoms with E-state index in [9.17, 15) is 4.79 Å². The van der Waals surface area contributed by atoms with Gasteiger partial charge in [0, 0.05) is 6.04 Å². The summed E-state index contributed by atoms with van der Waals surface area (Å²) >= 11 is 1.68. The number of carbonyl (C=O) groups is 1. The van der Waals surface area contributed by atoms with E-state index < -0.39 is 5.97 Å². The number of rotatable bonds is 5. The molecular weight excluding hydrogens is 262 g/mol. The summed E-state index contributed by atoms with van der Waals surface area (Å²) in [6, 6.07) is 2.30. The van der Waals surface area contributed by atoms with Crippen molar-refractivity contribution in [1.29, 1.82) is 0 Å². The van der Waals surface area contributed by atoms with Gasteiger partial charge in [-0.3, -0.25) is 4.98 Å². The summed E-state index contributed by atoms with van der Waals surface area (Å²) in [6.45, 7) is 2.06. The van der Waals surface area contributed by atoms with E-state index in [-0.39, 0.29) is 11.7 Å². The highest BCUT2D eigenvalue weighted by atomic mass is 32.1. The first-order valence-electron chi connectivity index (χ1n) is 5.87. The molecule has 0 saturated heterocycles. The third-order valence-electron chi connectivity index (χ3n) is 2.55. The highest BCUT2D eigenvalue weighted by Gasteiger charge is 2.10. The zero-order valence-electron chi connectivity index (χ0n) is 10.8. The highest BCUT2D eigenvalue weighted by molar-refractivity contribution is 7.07. The van der Waals surface area contributed by atoms with Crippen molar-refractivity contribution >= 4 is 23.1 Å². The topological polar surface area (TPSA) is 64.1 Å². The van der Waals surface area contributed by atoms with E-state index >= 15 is 0 Å². The van der Waals surface area contributed by atoms with Crippen LogP contribution in [0.5, 0.6) is 0 Å². The molecule has 0 fully saturated rings. The standard InChI is InChI=1S/C13H15N3O2S/c1-9(5-10-3-4-19-8-10)15-12-7-14-6-11(16-12)13(17)18-2/h3-4,6-9H,5H2,1-2H3,(H,15,16). The Labute approximate surface area is 115 Å². The summed E-state index contributed by atoms with van der Waals surface area (Å²) < 4.78 is 4.61. The molecular formula is C13H15N3O2S. The number of anilines is 1. The predicted molar refractivity (Wildman–Crippen MR) is 74.5 cm³/mol. The van der Waals surface area contributed by atoms with E-state index in [1.165, 1.54) is 18.9 Å². The van der Waals surface area contributed by atoms with Crippen LogP contribution in [-0.4, -0.2) is 29.1 Å². The molecule has 1 atom stereocenters. The van der Waals surface area contributed by atoms with Gasteiger partial charge in [0.15, 0.2) is 5.69 Å². The molecule has 2 rings (SSSR count). The Balaban J connectivity index is 2.00. The summed E-state index contributed by atoms with van der Waals surface area (Å²) in [5.74, 6) is 0.0901. The third kappa shape index (κ3) is 3.75. The lowest BCUT2D eigenvalue weighted by Crippen LogP contribution is -2.19. The zero-order chi connectivity index (χ0) is 13.7. The Kier molecular flexibility index (Phi) is 4.46. The minimum atomic E-state index is -0.485. The first-order chi connectivity index (χ1) is 9.19. The van der Waals surface area contributed by atoms with Gasteiger partial charge in [0.2, 0.25) is 0 Å². The number of hydrogen-bond donors (Lipinski definition) is 1. The molecule has 5 nitrogen and oxygen atoms in total. The zero-order valence-corrected chi connectivity index (χ0v) is 11.6. The fourth-order valence-corrected chi connectivity index (χ4v) is 2.39. The number of aromatic nitrogens is 2. The summed E-state index contributed by atoms with van der Waals surface area (Å²) in [5.41, 5.74) is 1.48. The maximum Gasteiger partial charge on any atom is 0.358 e. The molecule has 0 aliphatic heterocycles. The summed E-state index contributed by atoms with van der Waals surface area (Å²) in [5, 5.41) is 7.40. The van der Waals surface area contributed by atoms with E-state index in [0.717, 1.165) is 6.42 Å². The molecule has 100 valence electrons. The number of esters is 1. The molecule has 2 heterocycles. The van der Waals surface area contributed by atoms with E-state index in [2.05, 4.69) is 43.8 Å². The molecule has 0 bridgehead atoms. The molecule has 1 unspecified atom stereocenters. The fraction of sp³-hybridized carbons (Fsp3) is 0.308. The van der Waals surface area contributed by atoms with Gasteiger partial charge in [-0.15, -0.1) is 0 Å². The molecule has 0 aromatic carbocycles. The highest BCUT2D eigenvalue weighted by Crippen LogP contribution is 2.11. The van der Waals surface area contributed by atoms with E-state index in [4.69, 9.17) is 0 Å². The fourth-order valence-electron chi connectivity index (χ4n) is 1.70. The van der Waals surface area contributed by atoms with Gasteiger partial charge in [-0.1, -0.05) is 0 Å². The van der Waals surface area contributed by atoms with Crippen LogP contribution in [0.1, 0.15) is 23.0 Å². The Bertz CT molecular complexity index is 543. The number of nitrogens with one attached hydrogen (secondary N) is 1. The van der Waals surface area contributed by atoms with Crippen molar-refractivity contribution in [3.8, 4) is 0 Å². The predicted octanol–water partition coefficient (Wildman–Crippen LogP) is 2.37. The summed E-state index contributed by atoms with van der Waals surface area (Å²) in [4.78, 5) is 19.5. The first-order valence-corrected chi connectivity index (χ1v) is 6.81. The minimum Gasteiger partial charge on any atom is -0.464 e. The third-order valence-corrected chi connectivity index (χ3v) is 3.28. The number of ether oxygens (including phenoxy) is 1. The first kappa shape index (κ1) is 13.5. The van der Waals surface area contributed by atoms with Gasteiger partial charge in [0.05, 0.1) is 19.5 Å². The van der Waals surface area contributed by atoms with Crippen LogP contribution >= 0.6 is 11.3 Å². The van der Waals surface area contributed by atoms with Crippen molar-refractivity contribution in [2.24, 2.45) is 0 Å². The lowest BCUT2D eigenvalue weighted by atomic mass is 10.1. The molecule has 2 aromatic heterocycles. The number of carbonyl (C=O) groups excluding carboxylic acids is 1. The molecule has 1 N–H and O–H groups in total. The Hall–Kier alpha value is -1.95. The van der Waals surface area contributed by atoms with Gasteiger partial charge in [-0.05, 0) is 35.7 Å². The normalized spacial score (nSPS) is 11.9. The maximum absolute atomic E-state index is 11.4. The lowest BCUT2D eigenvalue weighted by Gasteiger charge is -2.13. The molecule has 0 aliphatic rings. The second-order valence-electron chi connectivity index (χ2n) is 4.16. The van der Waals surface area contributed by atoms with Gasteiger partial charge in [-0.25, -0.2) is 9.78 Å².